The van der Waals surface area contributed by atoms with Gasteiger partial charge in [0.05, 0.1) is 0 Å². The van der Waals surface area contributed by atoms with Gasteiger partial charge in [-0.15, -0.1) is 6.58 Å². The zero-order valence-electron chi connectivity index (χ0n) is 8.69. The summed E-state index contributed by atoms with van der Waals surface area (Å²) in [5.74, 6) is -0.330. The molecule has 4 nitrogen and oxygen atoms in total. The lowest BCUT2D eigenvalue weighted by Gasteiger charge is -2.24. The summed E-state index contributed by atoms with van der Waals surface area (Å²) in [5, 5.41) is 4.92. The SMILES string of the molecule is C=CCC1(c2ccccc2)NC(=O)NC1=O. The summed E-state index contributed by atoms with van der Waals surface area (Å²) in [6.07, 6.45) is 1.99. The van der Waals surface area contributed by atoms with Crippen LogP contribution in [0.25, 0.3) is 0 Å². The third kappa shape index (κ3) is 1.48. The molecule has 1 unspecified atom stereocenters. The number of rotatable bonds is 3. The van der Waals surface area contributed by atoms with Gasteiger partial charge in [-0.25, -0.2) is 4.79 Å². The first kappa shape index (κ1) is 10.4. The molecule has 0 bridgehead atoms. The van der Waals surface area contributed by atoms with Crippen molar-refractivity contribution in [1.29, 1.82) is 0 Å². The van der Waals surface area contributed by atoms with Crippen molar-refractivity contribution in [3.8, 4) is 0 Å². The van der Waals surface area contributed by atoms with Crippen LogP contribution in [0.3, 0.4) is 0 Å². The Balaban J connectivity index is 2.48. The Morgan fingerprint density at radius 3 is 2.44 bits per heavy atom. The molecule has 1 saturated heterocycles. The molecule has 1 heterocycles. The lowest BCUT2D eigenvalue weighted by Crippen LogP contribution is -2.43. The van der Waals surface area contributed by atoms with E-state index in [2.05, 4.69) is 17.2 Å². The second kappa shape index (κ2) is 3.81. The van der Waals surface area contributed by atoms with Gasteiger partial charge >= 0.3 is 6.03 Å². The average molecular weight is 216 g/mol. The quantitative estimate of drug-likeness (QED) is 0.591. The first-order chi connectivity index (χ1) is 7.69. The van der Waals surface area contributed by atoms with E-state index >= 15 is 0 Å². The minimum atomic E-state index is -1.000. The van der Waals surface area contributed by atoms with Crippen molar-refractivity contribution in [3.05, 3.63) is 48.6 Å². The van der Waals surface area contributed by atoms with Crippen molar-refractivity contribution in [3.63, 3.8) is 0 Å². The molecule has 2 N–H and O–H groups in total. The lowest BCUT2D eigenvalue weighted by molar-refractivity contribution is -0.124. The zero-order chi connectivity index (χ0) is 11.6. The Kier molecular flexibility index (Phi) is 2.48. The molecule has 0 aromatic heterocycles. The topological polar surface area (TPSA) is 58.2 Å². The third-order valence-corrected chi connectivity index (χ3v) is 2.66. The minimum Gasteiger partial charge on any atom is -0.319 e. The first-order valence-electron chi connectivity index (χ1n) is 4.99. The van der Waals surface area contributed by atoms with Gasteiger partial charge in [0, 0.05) is 6.42 Å². The highest BCUT2D eigenvalue weighted by Gasteiger charge is 2.46. The molecular formula is C12H12N2O2. The van der Waals surface area contributed by atoms with E-state index in [1.54, 1.807) is 6.08 Å². The molecule has 4 heteroatoms. The summed E-state index contributed by atoms with van der Waals surface area (Å²) < 4.78 is 0. The van der Waals surface area contributed by atoms with Gasteiger partial charge in [0.2, 0.25) is 0 Å². The van der Waals surface area contributed by atoms with Crippen molar-refractivity contribution in [2.45, 2.75) is 12.0 Å². The van der Waals surface area contributed by atoms with Gasteiger partial charge < -0.3 is 5.32 Å². The molecule has 1 fully saturated rings. The molecule has 0 aliphatic carbocycles. The van der Waals surface area contributed by atoms with E-state index in [1.165, 1.54) is 0 Å². The second-order valence-electron chi connectivity index (χ2n) is 3.67. The molecule has 2 rings (SSSR count). The summed E-state index contributed by atoms with van der Waals surface area (Å²) in [7, 11) is 0. The molecule has 1 atom stereocenters. The molecule has 0 saturated carbocycles. The van der Waals surface area contributed by atoms with Crippen LogP contribution in [0.5, 0.6) is 0 Å². The van der Waals surface area contributed by atoms with Crippen molar-refractivity contribution >= 4 is 11.9 Å². The number of nitrogens with one attached hydrogen (secondary N) is 2. The Morgan fingerprint density at radius 2 is 1.94 bits per heavy atom. The van der Waals surface area contributed by atoms with E-state index in [0.717, 1.165) is 5.56 Å². The van der Waals surface area contributed by atoms with Crippen molar-refractivity contribution in [1.82, 2.24) is 10.6 Å². The number of carbonyl (C=O) groups excluding carboxylic acids is 2. The van der Waals surface area contributed by atoms with Crippen LogP contribution < -0.4 is 10.6 Å². The molecule has 3 amide bonds. The monoisotopic (exact) mass is 216 g/mol. The van der Waals surface area contributed by atoms with E-state index in [1.807, 2.05) is 30.3 Å². The van der Waals surface area contributed by atoms with Gasteiger partial charge in [-0.1, -0.05) is 36.4 Å². The van der Waals surface area contributed by atoms with Crippen LogP contribution in [0, 0.1) is 0 Å². The molecule has 1 aliphatic heterocycles. The van der Waals surface area contributed by atoms with Crippen molar-refractivity contribution in [2.75, 3.05) is 0 Å². The minimum absolute atomic E-state index is 0.330. The summed E-state index contributed by atoms with van der Waals surface area (Å²) in [6, 6.07) is 8.69. The number of hydrogen-bond donors (Lipinski definition) is 2. The van der Waals surface area contributed by atoms with Crippen LogP contribution in [0.15, 0.2) is 43.0 Å². The van der Waals surface area contributed by atoms with E-state index in [-0.39, 0.29) is 5.91 Å². The fourth-order valence-corrected chi connectivity index (χ4v) is 1.90. The highest BCUT2D eigenvalue weighted by atomic mass is 16.2. The predicted octanol–water partition coefficient (Wildman–Crippen LogP) is 1.30. The van der Waals surface area contributed by atoms with Gasteiger partial charge in [-0.2, -0.15) is 0 Å². The van der Waals surface area contributed by atoms with Crippen molar-refractivity contribution < 1.29 is 9.59 Å². The average Bonchev–Trinajstić information content (AvgIpc) is 2.57. The summed E-state index contributed by atoms with van der Waals surface area (Å²) in [4.78, 5) is 23.1. The number of hydrogen-bond acceptors (Lipinski definition) is 2. The molecular weight excluding hydrogens is 204 g/mol. The maximum absolute atomic E-state index is 11.9. The number of carbonyl (C=O) groups is 2. The molecule has 1 aromatic rings. The van der Waals surface area contributed by atoms with Crippen LogP contribution in [-0.4, -0.2) is 11.9 Å². The van der Waals surface area contributed by atoms with Crippen LogP contribution >= 0.6 is 0 Å². The van der Waals surface area contributed by atoms with Crippen LogP contribution in [0.4, 0.5) is 4.79 Å². The maximum atomic E-state index is 11.9. The largest absolute Gasteiger partial charge is 0.322 e. The highest BCUT2D eigenvalue weighted by Crippen LogP contribution is 2.28. The van der Waals surface area contributed by atoms with Gasteiger partial charge in [-0.3, -0.25) is 10.1 Å². The van der Waals surface area contributed by atoms with E-state index in [4.69, 9.17) is 0 Å². The van der Waals surface area contributed by atoms with E-state index in [0.29, 0.717) is 6.42 Å². The normalized spacial score (nSPS) is 23.8. The number of benzene rings is 1. The van der Waals surface area contributed by atoms with Gasteiger partial charge in [0.25, 0.3) is 5.91 Å². The van der Waals surface area contributed by atoms with Gasteiger partial charge in [-0.05, 0) is 5.56 Å². The maximum Gasteiger partial charge on any atom is 0.322 e. The number of imide groups is 1. The molecule has 1 aromatic carbocycles. The fourth-order valence-electron chi connectivity index (χ4n) is 1.90. The molecule has 1 aliphatic rings. The molecule has 16 heavy (non-hydrogen) atoms. The van der Waals surface area contributed by atoms with Crippen LogP contribution in [-0.2, 0) is 10.3 Å². The highest BCUT2D eigenvalue weighted by molar-refractivity contribution is 6.07. The summed E-state index contributed by atoms with van der Waals surface area (Å²) in [5.41, 5.74) is -0.238. The van der Waals surface area contributed by atoms with E-state index in [9.17, 15) is 9.59 Å². The third-order valence-electron chi connectivity index (χ3n) is 2.66. The molecule has 0 spiro atoms. The first-order valence-corrected chi connectivity index (χ1v) is 4.99. The smallest absolute Gasteiger partial charge is 0.319 e. The number of amides is 3. The van der Waals surface area contributed by atoms with Crippen LogP contribution in [0.1, 0.15) is 12.0 Å². The summed E-state index contributed by atoms with van der Waals surface area (Å²) >= 11 is 0. The second-order valence-corrected chi connectivity index (χ2v) is 3.67. The van der Waals surface area contributed by atoms with Gasteiger partial charge in [0.1, 0.15) is 5.54 Å². The summed E-state index contributed by atoms with van der Waals surface area (Å²) in [6.45, 7) is 3.62. The van der Waals surface area contributed by atoms with Crippen LogP contribution in [0.2, 0.25) is 0 Å². The standard InChI is InChI=1S/C12H12N2O2/c1-2-8-12(9-6-4-3-5-7-9)10(15)13-11(16)14-12/h2-7H,1,8H2,(H2,13,14,15,16). The predicted molar refractivity (Wildman–Crippen MR) is 59.6 cm³/mol. The molecule has 0 radical (unpaired) electrons. The van der Waals surface area contributed by atoms with E-state index < -0.39 is 11.6 Å². The molecule has 82 valence electrons. The Bertz CT molecular complexity index is 442. The number of urea groups is 1. The fraction of sp³-hybridized carbons (Fsp3) is 0.167. The Morgan fingerprint density at radius 1 is 1.25 bits per heavy atom. The Hall–Kier alpha value is -2.10. The van der Waals surface area contributed by atoms with Crippen molar-refractivity contribution in [2.24, 2.45) is 0 Å². The zero-order valence-corrected chi connectivity index (χ0v) is 8.69. The van der Waals surface area contributed by atoms with Gasteiger partial charge in [0.15, 0.2) is 0 Å². The Labute approximate surface area is 93.3 Å². The lowest BCUT2D eigenvalue weighted by atomic mass is 9.87.